The Hall–Kier alpha value is -3.45. The number of anilines is 1. The van der Waals surface area contributed by atoms with Crippen LogP contribution in [0, 0.1) is 0 Å². The number of hydrogen-bond donors (Lipinski definition) is 0. The molecule has 0 aliphatic carbocycles. The van der Waals surface area contributed by atoms with E-state index in [4.69, 9.17) is 4.74 Å². The fraction of sp³-hybridized carbons (Fsp3) is 0.174. The van der Waals surface area contributed by atoms with Gasteiger partial charge in [0.1, 0.15) is 5.75 Å². The average Bonchev–Trinajstić information content (AvgIpc) is 3.47. The zero-order valence-corrected chi connectivity index (χ0v) is 17.0. The maximum absolute atomic E-state index is 12.5. The smallest absolute Gasteiger partial charge is 0.317 e. The molecule has 0 atom stereocenters. The Balaban J connectivity index is 1.28. The molecule has 0 unspecified atom stereocenters. The molecule has 0 spiro atoms. The lowest BCUT2D eigenvalue weighted by Gasteiger charge is -2.15. The van der Waals surface area contributed by atoms with Crippen molar-refractivity contribution >= 4 is 33.9 Å². The molecule has 1 saturated heterocycles. The summed E-state index contributed by atoms with van der Waals surface area (Å²) in [6, 6.07) is 17.0. The summed E-state index contributed by atoms with van der Waals surface area (Å²) in [7, 11) is 0. The molecular formula is C23H19N3O3S. The molecule has 1 aliphatic rings. The fourth-order valence-corrected chi connectivity index (χ4v) is 4.51. The molecule has 6 nitrogen and oxygen atoms in total. The Morgan fingerprint density at radius 2 is 1.90 bits per heavy atom. The SMILES string of the molecule is O=C(Cc1csc2nc(-c3ccccc3)cn12)Oc1ccc(N2CCCC2=O)cc1. The van der Waals surface area contributed by atoms with E-state index in [-0.39, 0.29) is 18.3 Å². The molecule has 3 heterocycles. The lowest BCUT2D eigenvalue weighted by Crippen LogP contribution is -2.23. The van der Waals surface area contributed by atoms with Gasteiger partial charge in [-0.25, -0.2) is 4.98 Å². The number of carbonyl (C=O) groups is 2. The largest absolute Gasteiger partial charge is 0.426 e. The first-order valence-electron chi connectivity index (χ1n) is 9.79. The summed E-state index contributed by atoms with van der Waals surface area (Å²) in [6.07, 6.45) is 3.57. The van der Waals surface area contributed by atoms with Crippen molar-refractivity contribution in [3.63, 3.8) is 0 Å². The second kappa shape index (κ2) is 7.76. The average molecular weight is 417 g/mol. The van der Waals surface area contributed by atoms with E-state index in [1.807, 2.05) is 58.4 Å². The summed E-state index contributed by atoms with van der Waals surface area (Å²) in [6.45, 7) is 0.738. The molecule has 0 bridgehead atoms. The Kier molecular flexibility index (Phi) is 4.80. The first-order valence-corrected chi connectivity index (χ1v) is 10.7. The lowest BCUT2D eigenvalue weighted by atomic mass is 10.2. The predicted octanol–water partition coefficient (Wildman–Crippen LogP) is 4.34. The zero-order chi connectivity index (χ0) is 20.5. The van der Waals surface area contributed by atoms with Crippen molar-refractivity contribution in [1.82, 2.24) is 9.38 Å². The summed E-state index contributed by atoms with van der Waals surface area (Å²) in [5, 5.41) is 1.93. The molecule has 1 amide bonds. The van der Waals surface area contributed by atoms with Crippen molar-refractivity contribution in [2.45, 2.75) is 19.3 Å². The van der Waals surface area contributed by atoms with Crippen molar-refractivity contribution in [3.05, 3.63) is 71.9 Å². The van der Waals surface area contributed by atoms with Crippen LogP contribution in [0.25, 0.3) is 16.2 Å². The van der Waals surface area contributed by atoms with Crippen LogP contribution in [0.3, 0.4) is 0 Å². The number of amides is 1. The molecule has 2 aromatic heterocycles. The third-order valence-corrected chi connectivity index (χ3v) is 6.02. The molecule has 30 heavy (non-hydrogen) atoms. The van der Waals surface area contributed by atoms with Crippen molar-refractivity contribution in [2.75, 3.05) is 11.4 Å². The quantitative estimate of drug-likeness (QED) is 0.358. The van der Waals surface area contributed by atoms with Crippen LogP contribution in [-0.4, -0.2) is 27.8 Å². The standard InChI is InChI=1S/C23H19N3O3S/c27-21-7-4-12-25(21)17-8-10-19(11-9-17)29-22(28)13-18-15-30-23-24-20(14-26(18)23)16-5-2-1-3-6-16/h1-3,5-6,8-11,14-15H,4,7,12-13H2. The van der Waals surface area contributed by atoms with Crippen LogP contribution in [0.5, 0.6) is 5.75 Å². The number of esters is 1. The van der Waals surface area contributed by atoms with E-state index >= 15 is 0 Å². The zero-order valence-electron chi connectivity index (χ0n) is 16.2. The minimum absolute atomic E-state index is 0.136. The van der Waals surface area contributed by atoms with E-state index in [1.165, 1.54) is 11.3 Å². The highest BCUT2D eigenvalue weighted by molar-refractivity contribution is 7.15. The highest BCUT2D eigenvalue weighted by Crippen LogP contribution is 2.26. The number of carbonyl (C=O) groups excluding carboxylic acids is 2. The van der Waals surface area contributed by atoms with Gasteiger partial charge < -0.3 is 9.64 Å². The second-order valence-electron chi connectivity index (χ2n) is 7.17. The van der Waals surface area contributed by atoms with Gasteiger partial charge >= 0.3 is 5.97 Å². The van der Waals surface area contributed by atoms with Gasteiger partial charge in [-0.3, -0.25) is 14.0 Å². The van der Waals surface area contributed by atoms with Crippen LogP contribution < -0.4 is 9.64 Å². The monoisotopic (exact) mass is 417 g/mol. The molecular weight excluding hydrogens is 398 g/mol. The van der Waals surface area contributed by atoms with Crippen LogP contribution >= 0.6 is 11.3 Å². The van der Waals surface area contributed by atoms with E-state index in [0.29, 0.717) is 12.2 Å². The van der Waals surface area contributed by atoms with Gasteiger partial charge in [-0.1, -0.05) is 30.3 Å². The summed E-state index contributed by atoms with van der Waals surface area (Å²) in [5.41, 5.74) is 3.60. The lowest BCUT2D eigenvalue weighted by molar-refractivity contribution is -0.133. The number of hydrogen-bond acceptors (Lipinski definition) is 5. The third-order valence-electron chi connectivity index (χ3n) is 5.13. The van der Waals surface area contributed by atoms with E-state index in [9.17, 15) is 9.59 Å². The van der Waals surface area contributed by atoms with Crippen molar-refractivity contribution in [3.8, 4) is 17.0 Å². The summed E-state index contributed by atoms with van der Waals surface area (Å²) >= 11 is 1.50. The van der Waals surface area contributed by atoms with E-state index < -0.39 is 0 Å². The van der Waals surface area contributed by atoms with E-state index in [0.717, 1.165) is 40.6 Å². The van der Waals surface area contributed by atoms with Gasteiger partial charge in [-0.05, 0) is 30.7 Å². The maximum Gasteiger partial charge on any atom is 0.317 e. The number of nitrogens with zero attached hydrogens (tertiary/aromatic N) is 3. The summed E-state index contributed by atoms with van der Waals surface area (Å²) in [4.78, 5) is 31.6. The molecule has 4 aromatic rings. The maximum atomic E-state index is 12.5. The number of thiazole rings is 1. The Labute approximate surface area is 177 Å². The highest BCUT2D eigenvalue weighted by atomic mass is 32.1. The van der Waals surface area contributed by atoms with Gasteiger partial charge in [0.15, 0.2) is 4.96 Å². The molecule has 2 aromatic carbocycles. The summed E-state index contributed by atoms with van der Waals surface area (Å²) < 4.78 is 7.44. The van der Waals surface area contributed by atoms with Crippen LogP contribution in [0.2, 0.25) is 0 Å². The van der Waals surface area contributed by atoms with Crippen LogP contribution in [0.4, 0.5) is 5.69 Å². The van der Waals surface area contributed by atoms with E-state index in [2.05, 4.69) is 4.98 Å². The van der Waals surface area contributed by atoms with Crippen LogP contribution in [0.1, 0.15) is 18.5 Å². The van der Waals surface area contributed by atoms with Gasteiger partial charge in [0, 0.05) is 41.5 Å². The normalized spacial score (nSPS) is 13.9. The van der Waals surface area contributed by atoms with Gasteiger partial charge in [-0.2, -0.15) is 0 Å². The number of imidazole rings is 1. The van der Waals surface area contributed by atoms with Gasteiger partial charge in [0.2, 0.25) is 5.91 Å². The number of ether oxygens (including phenoxy) is 1. The molecule has 1 aliphatic heterocycles. The van der Waals surface area contributed by atoms with Crippen LogP contribution in [0.15, 0.2) is 66.2 Å². The van der Waals surface area contributed by atoms with Gasteiger partial charge in [-0.15, -0.1) is 11.3 Å². The second-order valence-corrected chi connectivity index (χ2v) is 8.00. The predicted molar refractivity (Wildman–Crippen MR) is 116 cm³/mol. The minimum atomic E-state index is -0.338. The van der Waals surface area contributed by atoms with Crippen LogP contribution in [-0.2, 0) is 16.0 Å². The number of aromatic nitrogens is 2. The minimum Gasteiger partial charge on any atom is -0.426 e. The highest BCUT2D eigenvalue weighted by Gasteiger charge is 2.21. The Morgan fingerprint density at radius 1 is 1.10 bits per heavy atom. The van der Waals surface area contributed by atoms with Gasteiger partial charge in [0.25, 0.3) is 0 Å². The third kappa shape index (κ3) is 3.59. The summed E-state index contributed by atoms with van der Waals surface area (Å²) in [5.74, 6) is 0.267. The molecule has 0 saturated carbocycles. The van der Waals surface area contributed by atoms with Crippen molar-refractivity contribution < 1.29 is 14.3 Å². The molecule has 0 N–H and O–H groups in total. The first-order chi connectivity index (χ1) is 14.7. The number of rotatable bonds is 5. The molecule has 150 valence electrons. The van der Waals surface area contributed by atoms with E-state index in [1.54, 1.807) is 17.0 Å². The van der Waals surface area contributed by atoms with Crippen molar-refractivity contribution in [2.24, 2.45) is 0 Å². The topological polar surface area (TPSA) is 63.9 Å². The van der Waals surface area contributed by atoms with Gasteiger partial charge in [0.05, 0.1) is 12.1 Å². The number of benzene rings is 2. The molecule has 5 rings (SSSR count). The first kappa shape index (κ1) is 18.6. The Morgan fingerprint density at radius 3 is 2.63 bits per heavy atom. The van der Waals surface area contributed by atoms with Crippen molar-refractivity contribution in [1.29, 1.82) is 0 Å². The Bertz CT molecular complexity index is 1210. The molecule has 0 radical (unpaired) electrons. The molecule has 1 fully saturated rings. The number of fused-ring (bicyclic) bond motifs is 1. The molecule has 7 heteroatoms. The fourth-order valence-electron chi connectivity index (χ4n) is 3.64.